The van der Waals surface area contributed by atoms with Crippen molar-refractivity contribution in [3.05, 3.63) is 24.0 Å². The van der Waals surface area contributed by atoms with E-state index in [0.717, 1.165) is 0 Å². The average molecular weight is 332 g/mol. The Balaban J connectivity index is 0.00000441. The summed E-state index contributed by atoms with van der Waals surface area (Å²) in [6, 6.07) is 4.04. The van der Waals surface area contributed by atoms with Crippen LogP contribution in [-0.4, -0.2) is 18.4 Å². The molecule has 0 aliphatic carbocycles. The van der Waals surface area contributed by atoms with Crippen LogP contribution in [0.4, 0.5) is 15.8 Å². The van der Waals surface area contributed by atoms with Crippen molar-refractivity contribution in [2.24, 2.45) is 11.1 Å². The predicted molar refractivity (Wildman–Crippen MR) is 88.7 cm³/mol. The standard InChI is InChI=1S/C15H22FN3O2.ClH/c1-4-15(5-2,9-17)14(21)19-11-6-7-12(16)13(8-11)18-10(3)20;/h6-8H,4-5,9,17H2,1-3H3,(H,18,20)(H,19,21);1H. The topological polar surface area (TPSA) is 84.2 Å². The summed E-state index contributed by atoms with van der Waals surface area (Å²) in [4.78, 5) is 23.4. The molecule has 124 valence electrons. The van der Waals surface area contributed by atoms with Gasteiger partial charge in [-0.15, -0.1) is 12.4 Å². The fourth-order valence-electron chi connectivity index (χ4n) is 2.10. The van der Waals surface area contributed by atoms with Gasteiger partial charge in [0, 0.05) is 19.2 Å². The molecule has 2 amide bonds. The molecule has 0 radical (unpaired) electrons. The van der Waals surface area contributed by atoms with Gasteiger partial charge < -0.3 is 16.4 Å². The minimum absolute atomic E-state index is 0. The zero-order valence-corrected chi connectivity index (χ0v) is 13.8. The highest BCUT2D eigenvalue weighted by Gasteiger charge is 2.33. The zero-order valence-electron chi connectivity index (χ0n) is 13.0. The Hall–Kier alpha value is -1.66. The van der Waals surface area contributed by atoms with E-state index in [1.807, 2.05) is 13.8 Å². The largest absolute Gasteiger partial charge is 0.329 e. The van der Waals surface area contributed by atoms with Gasteiger partial charge in [-0.1, -0.05) is 13.8 Å². The summed E-state index contributed by atoms with van der Waals surface area (Å²) in [5, 5.41) is 5.12. The molecular weight excluding hydrogens is 309 g/mol. The first-order valence-electron chi connectivity index (χ1n) is 6.97. The second-order valence-corrected chi connectivity index (χ2v) is 5.02. The molecule has 0 heterocycles. The van der Waals surface area contributed by atoms with Crippen molar-refractivity contribution in [2.45, 2.75) is 33.6 Å². The number of nitrogens with one attached hydrogen (secondary N) is 2. The van der Waals surface area contributed by atoms with E-state index in [-0.39, 0.29) is 36.5 Å². The molecule has 0 saturated carbocycles. The number of anilines is 2. The Bertz CT molecular complexity index is 525. The zero-order chi connectivity index (χ0) is 16.0. The molecule has 1 aromatic carbocycles. The molecule has 1 rings (SSSR count). The number of amides is 2. The molecule has 22 heavy (non-hydrogen) atoms. The fraction of sp³-hybridized carbons (Fsp3) is 0.467. The lowest BCUT2D eigenvalue weighted by Gasteiger charge is -2.28. The third kappa shape index (κ3) is 4.68. The highest BCUT2D eigenvalue weighted by atomic mass is 35.5. The third-order valence-electron chi connectivity index (χ3n) is 3.76. The summed E-state index contributed by atoms with van der Waals surface area (Å²) >= 11 is 0. The Kier molecular flexibility index (Phi) is 8.05. The van der Waals surface area contributed by atoms with Gasteiger partial charge in [-0.2, -0.15) is 0 Å². The van der Waals surface area contributed by atoms with Gasteiger partial charge >= 0.3 is 0 Å². The molecule has 5 nitrogen and oxygen atoms in total. The minimum atomic E-state index is -0.636. The molecule has 4 N–H and O–H groups in total. The van der Waals surface area contributed by atoms with Crippen molar-refractivity contribution < 1.29 is 14.0 Å². The van der Waals surface area contributed by atoms with Crippen molar-refractivity contribution in [3.8, 4) is 0 Å². The van der Waals surface area contributed by atoms with Gasteiger partial charge in [0.2, 0.25) is 11.8 Å². The molecule has 0 unspecified atom stereocenters. The second kappa shape index (κ2) is 8.70. The van der Waals surface area contributed by atoms with Crippen LogP contribution in [0.1, 0.15) is 33.6 Å². The van der Waals surface area contributed by atoms with E-state index in [0.29, 0.717) is 18.5 Å². The Morgan fingerprint density at radius 2 is 1.82 bits per heavy atom. The van der Waals surface area contributed by atoms with Crippen molar-refractivity contribution >= 4 is 35.6 Å². The Morgan fingerprint density at radius 1 is 1.23 bits per heavy atom. The van der Waals surface area contributed by atoms with Gasteiger partial charge in [0.1, 0.15) is 5.82 Å². The number of carbonyl (C=O) groups is 2. The number of hydrogen-bond donors (Lipinski definition) is 3. The Morgan fingerprint density at radius 3 is 2.27 bits per heavy atom. The quantitative estimate of drug-likeness (QED) is 0.749. The van der Waals surface area contributed by atoms with E-state index < -0.39 is 11.2 Å². The van der Waals surface area contributed by atoms with Gasteiger partial charge in [-0.05, 0) is 31.0 Å². The average Bonchev–Trinajstić information content (AvgIpc) is 2.44. The minimum Gasteiger partial charge on any atom is -0.329 e. The SMILES string of the molecule is CCC(CC)(CN)C(=O)Nc1ccc(F)c(NC(C)=O)c1.Cl. The van der Waals surface area contributed by atoms with Crippen LogP contribution < -0.4 is 16.4 Å². The molecule has 1 aromatic rings. The summed E-state index contributed by atoms with van der Waals surface area (Å²) in [6.45, 7) is 5.34. The molecule has 0 atom stereocenters. The van der Waals surface area contributed by atoms with E-state index in [2.05, 4.69) is 10.6 Å². The summed E-state index contributed by atoms with van der Waals surface area (Å²) in [5.41, 5.74) is 5.54. The van der Waals surface area contributed by atoms with Gasteiger partial charge in [-0.3, -0.25) is 9.59 Å². The molecular formula is C15H23ClFN3O2. The lowest BCUT2D eigenvalue weighted by Crippen LogP contribution is -2.41. The maximum absolute atomic E-state index is 13.6. The maximum Gasteiger partial charge on any atom is 0.231 e. The summed E-state index contributed by atoms with van der Waals surface area (Å²) in [5.74, 6) is -1.13. The summed E-state index contributed by atoms with van der Waals surface area (Å²) < 4.78 is 13.6. The number of carbonyl (C=O) groups excluding carboxylic acids is 2. The number of nitrogens with two attached hydrogens (primary N) is 1. The first-order chi connectivity index (χ1) is 9.88. The van der Waals surface area contributed by atoms with Gasteiger partial charge in [0.15, 0.2) is 0 Å². The van der Waals surface area contributed by atoms with Crippen LogP contribution in [0.2, 0.25) is 0 Å². The number of halogens is 2. The normalized spacial score (nSPS) is 10.6. The van der Waals surface area contributed by atoms with E-state index >= 15 is 0 Å². The summed E-state index contributed by atoms with van der Waals surface area (Å²) in [6.07, 6.45) is 1.23. The van der Waals surface area contributed by atoms with E-state index in [1.54, 1.807) is 0 Å². The molecule has 0 aliphatic heterocycles. The third-order valence-corrected chi connectivity index (χ3v) is 3.76. The van der Waals surface area contributed by atoms with Crippen LogP contribution in [-0.2, 0) is 9.59 Å². The van der Waals surface area contributed by atoms with Gasteiger partial charge in [-0.25, -0.2) is 4.39 Å². The fourth-order valence-corrected chi connectivity index (χ4v) is 2.10. The van der Waals surface area contributed by atoms with Crippen molar-refractivity contribution in [1.82, 2.24) is 0 Å². The molecule has 0 bridgehead atoms. The van der Waals surface area contributed by atoms with Crippen LogP contribution in [0.25, 0.3) is 0 Å². The molecule has 0 fully saturated rings. The van der Waals surface area contributed by atoms with Crippen LogP contribution in [0.3, 0.4) is 0 Å². The highest BCUT2D eigenvalue weighted by Crippen LogP contribution is 2.28. The number of benzene rings is 1. The lowest BCUT2D eigenvalue weighted by molar-refractivity contribution is -0.125. The molecule has 0 saturated heterocycles. The monoisotopic (exact) mass is 331 g/mol. The maximum atomic E-state index is 13.6. The van der Waals surface area contributed by atoms with Crippen molar-refractivity contribution in [2.75, 3.05) is 17.2 Å². The lowest BCUT2D eigenvalue weighted by atomic mass is 9.81. The van der Waals surface area contributed by atoms with Crippen LogP contribution in [0.15, 0.2) is 18.2 Å². The van der Waals surface area contributed by atoms with Gasteiger partial charge in [0.05, 0.1) is 11.1 Å². The molecule has 0 aromatic heterocycles. The number of hydrogen-bond acceptors (Lipinski definition) is 3. The van der Waals surface area contributed by atoms with Crippen LogP contribution in [0, 0.1) is 11.2 Å². The smallest absolute Gasteiger partial charge is 0.231 e. The molecule has 0 spiro atoms. The number of rotatable bonds is 6. The van der Waals surface area contributed by atoms with Crippen LogP contribution in [0.5, 0.6) is 0 Å². The first kappa shape index (κ1) is 20.3. The molecule has 0 aliphatic rings. The Labute approximate surface area is 136 Å². The first-order valence-corrected chi connectivity index (χ1v) is 6.97. The van der Waals surface area contributed by atoms with Crippen LogP contribution >= 0.6 is 12.4 Å². The van der Waals surface area contributed by atoms with E-state index in [9.17, 15) is 14.0 Å². The van der Waals surface area contributed by atoms with E-state index in [1.165, 1.54) is 25.1 Å². The second-order valence-electron chi connectivity index (χ2n) is 5.02. The summed E-state index contributed by atoms with van der Waals surface area (Å²) in [7, 11) is 0. The van der Waals surface area contributed by atoms with Gasteiger partial charge in [0.25, 0.3) is 0 Å². The van der Waals surface area contributed by atoms with E-state index in [4.69, 9.17) is 5.73 Å². The van der Waals surface area contributed by atoms with Crippen molar-refractivity contribution in [1.29, 1.82) is 0 Å². The predicted octanol–water partition coefficient (Wildman–Crippen LogP) is 2.91. The van der Waals surface area contributed by atoms with Crippen molar-refractivity contribution in [3.63, 3.8) is 0 Å². The highest BCUT2D eigenvalue weighted by molar-refractivity contribution is 5.96. The molecule has 7 heteroatoms.